The SMILES string of the molecule is Cc1ccccc1CN(C)C(=O)c1cc(F)ccc1F. The summed E-state index contributed by atoms with van der Waals surface area (Å²) in [7, 11) is 1.57. The van der Waals surface area contributed by atoms with Crippen LogP contribution in [0.5, 0.6) is 0 Å². The van der Waals surface area contributed by atoms with E-state index >= 15 is 0 Å². The monoisotopic (exact) mass is 275 g/mol. The number of amides is 1. The predicted molar refractivity (Wildman–Crippen MR) is 73.3 cm³/mol. The first-order chi connectivity index (χ1) is 9.49. The number of hydrogen-bond acceptors (Lipinski definition) is 1. The second-order valence-corrected chi connectivity index (χ2v) is 4.71. The van der Waals surface area contributed by atoms with E-state index in [4.69, 9.17) is 0 Å². The number of hydrogen-bond donors (Lipinski definition) is 0. The van der Waals surface area contributed by atoms with E-state index in [1.807, 2.05) is 31.2 Å². The summed E-state index contributed by atoms with van der Waals surface area (Å²) in [6, 6.07) is 10.5. The largest absolute Gasteiger partial charge is 0.337 e. The van der Waals surface area contributed by atoms with Gasteiger partial charge in [0.2, 0.25) is 0 Å². The van der Waals surface area contributed by atoms with Gasteiger partial charge in [-0.1, -0.05) is 24.3 Å². The van der Waals surface area contributed by atoms with Gasteiger partial charge in [-0.2, -0.15) is 0 Å². The van der Waals surface area contributed by atoms with E-state index in [-0.39, 0.29) is 5.56 Å². The minimum atomic E-state index is -0.715. The lowest BCUT2D eigenvalue weighted by molar-refractivity contribution is 0.0779. The Morgan fingerprint density at radius 2 is 1.85 bits per heavy atom. The molecule has 2 rings (SSSR count). The molecule has 0 heterocycles. The van der Waals surface area contributed by atoms with Crippen LogP contribution in [0.3, 0.4) is 0 Å². The van der Waals surface area contributed by atoms with Crippen LogP contribution in [0.2, 0.25) is 0 Å². The summed E-state index contributed by atoms with van der Waals surface area (Å²) in [5.74, 6) is -1.88. The van der Waals surface area contributed by atoms with Crippen LogP contribution >= 0.6 is 0 Å². The van der Waals surface area contributed by atoms with Crippen LogP contribution in [0.4, 0.5) is 8.78 Å². The Bertz CT molecular complexity index is 640. The fourth-order valence-electron chi connectivity index (χ4n) is 1.98. The standard InChI is InChI=1S/C16H15F2NO/c1-11-5-3-4-6-12(11)10-19(2)16(20)14-9-13(17)7-8-15(14)18/h3-9H,10H2,1-2H3. The van der Waals surface area contributed by atoms with E-state index in [1.54, 1.807) is 7.05 Å². The molecule has 0 bridgehead atoms. The molecule has 0 radical (unpaired) electrons. The third-order valence-corrected chi connectivity index (χ3v) is 3.17. The number of benzene rings is 2. The highest BCUT2D eigenvalue weighted by Gasteiger charge is 2.17. The third kappa shape index (κ3) is 3.02. The summed E-state index contributed by atoms with van der Waals surface area (Å²) < 4.78 is 26.7. The first kappa shape index (κ1) is 14.2. The smallest absolute Gasteiger partial charge is 0.256 e. The Kier molecular flexibility index (Phi) is 4.13. The lowest BCUT2D eigenvalue weighted by atomic mass is 10.1. The van der Waals surface area contributed by atoms with E-state index in [9.17, 15) is 13.6 Å². The van der Waals surface area contributed by atoms with Gasteiger partial charge in [0, 0.05) is 13.6 Å². The van der Waals surface area contributed by atoms with Crippen LogP contribution in [0.25, 0.3) is 0 Å². The van der Waals surface area contributed by atoms with Crippen molar-refractivity contribution in [2.75, 3.05) is 7.05 Å². The summed E-state index contributed by atoms with van der Waals surface area (Å²) in [5.41, 5.74) is 1.77. The van der Waals surface area contributed by atoms with Crippen LogP contribution in [0.1, 0.15) is 21.5 Å². The first-order valence-corrected chi connectivity index (χ1v) is 6.24. The van der Waals surface area contributed by atoms with Gasteiger partial charge in [0.15, 0.2) is 0 Å². The highest BCUT2D eigenvalue weighted by atomic mass is 19.1. The topological polar surface area (TPSA) is 20.3 Å². The molecule has 20 heavy (non-hydrogen) atoms. The molecule has 0 atom stereocenters. The normalized spacial score (nSPS) is 10.4. The third-order valence-electron chi connectivity index (χ3n) is 3.17. The lowest BCUT2D eigenvalue weighted by Gasteiger charge is -2.19. The summed E-state index contributed by atoms with van der Waals surface area (Å²) in [6.45, 7) is 2.29. The number of carbonyl (C=O) groups is 1. The summed E-state index contributed by atoms with van der Waals surface area (Å²) >= 11 is 0. The Labute approximate surface area is 116 Å². The minimum absolute atomic E-state index is 0.249. The average molecular weight is 275 g/mol. The van der Waals surface area contributed by atoms with E-state index in [2.05, 4.69) is 0 Å². The van der Waals surface area contributed by atoms with E-state index in [0.717, 1.165) is 29.3 Å². The molecule has 4 heteroatoms. The van der Waals surface area contributed by atoms with Gasteiger partial charge in [-0.3, -0.25) is 4.79 Å². The molecule has 0 spiro atoms. The van der Waals surface area contributed by atoms with Crippen molar-refractivity contribution in [3.05, 3.63) is 70.8 Å². The van der Waals surface area contributed by atoms with Crippen molar-refractivity contribution in [2.45, 2.75) is 13.5 Å². The molecule has 1 amide bonds. The Balaban J connectivity index is 2.21. The quantitative estimate of drug-likeness (QED) is 0.839. The summed E-state index contributed by atoms with van der Waals surface area (Å²) in [5, 5.41) is 0. The average Bonchev–Trinajstić information content (AvgIpc) is 2.43. The molecule has 104 valence electrons. The summed E-state index contributed by atoms with van der Waals surface area (Å²) in [4.78, 5) is 13.5. The molecule has 0 N–H and O–H groups in total. The molecule has 0 saturated heterocycles. The zero-order valence-corrected chi connectivity index (χ0v) is 11.4. The molecular weight excluding hydrogens is 260 g/mol. The van der Waals surface area contributed by atoms with Crippen LogP contribution in [-0.4, -0.2) is 17.9 Å². The number of rotatable bonds is 3. The van der Waals surface area contributed by atoms with Crippen molar-refractivity contribution < 1.29 is 13.6 Å². The molecule has 2 aromatic rings. The second-order valence-electron chi connectivity index (χ2n) is 4.71. The van der Waals surface area contributed by atoms with Gasteiger partial charge in [-0.05, 0) is 36.2 Å². The lowest BCUT2D eigenvalue weighted by Crippen LogP contribution is -2.27. The van der Waals surface area contributed by atoms with Gasteiger partial charge in [0.1, 0.15) is 11.6 Å². The molecular formula is C16H15F2NO. The fourth-order valence-corrected chi connectivity index (χ4v) is 1.98. The molecule has 0 aromatic heterocycles. The number of aryl methyl sites for hydroxylation is 1. The maximum atomic E-state index is 13.6. The van der Waals surface area contributed by atoms with Crippen molar-refractivity contribution in [1.29, 1.82) is 0 Å². The van der Waals surface area contributed by atoms with Crippen molar-refractivity contribution in [3.63, 3.8) is 0 Å². The van der Waals surface area contributed by atoms with Gasteiger partial charge < -0.3 is 4.90 Å². The van der Waals surface area contributed by atoms with E-state index in [0.29, 0.717) is 6.54 Å². The predicted octanol–water partition coefficient (Wildman–Crippen LogP) is 3.55. The molecule has 0 fully saturated rings. The zero-order chi connectivity index (χ0) is 14.7. The van der Waals surface area contributed by atoms with Gasteiger partial charge in [0.05, 0.1) is 5.56 Å². The van der Waals surface area contributed by atoms with Gasteiger partial charge in [0.25, 0.3) is 5.91 Å². The van der Waals surface area contributed by atoms with Crippen LogP contribution in [-0.2, 0) is 6.54 Å². The number of carbonyl (C=O) groups excluding carboxylic acids is 1. The van der Waals surface area contributed by atoms with Crippen LogP contribution in [0, 0.1) is 18.6 Å². The number of halogens is 2. The Hall–Kier alpha value is -2.23. The molecule has 0 aliphatic carbocycles. The van der Waals surface area contributed by atoms with Gasteiger partial charge in [-0.25, -0.2) is 8.78 Å². The van der Waals surface area contributed by atoms with Crippen molar-refractivity contribution in [3.8, 4) is 0 Å². The molecule has 0 aliphatic rings. The summed E-state index contributed by atoms with van der Waals surface area (Å²) in [6.07, 6.45) is 0. The molecule has 0 aliphatic heterocycles. The Morgan fingerprint density at radius 1 is 1.15 bits per heavy atom. The maximum absolute atomic E-state index is 13.6. The van der Waals surface area contributed by atoms with Gasteiger partial charge >= 0.3 is 0 Å². The highest BCUT2D eigenvalue weighted by Crippen LogP contribution is 2.15. The maximum Gasteiger partial charge on any atom is 0.256 e. The Morgan fingerprint density at radius 3 is 2.55 bits per heavy atom. The fraction of sp³-hybridized carbons (Fsp3) is 0.188. The first-order valence-electron chi connectivity index (χ1n) is 6.24. The highest BCUT2D eigenvalue weighted by molar-refractivity contribution is 5.94. The second kappa shape index (κ2) is 5.82. The van der Waals surface area contributed by atoms with Crippen molar-refractivity contribution in [2.24, 2.45) is 0 Å². The molecule has 0 unspecified atom stereocenters. The molecule has 2 nitrogen and oxygen atoms in total. The van der Waals surface area contributed by atoms with Crippen LogP contribution in [0.15, 0.2) is 42.5 Å². The van der Waals surface area contributed by atoms with E-state index < -0.39 is 17.5 Å². The molecule has 0 saturated carbocycles. The van der Waals surface area contributed by atoms with Gasteiger partial charge in [-0.15, -0.1) is 0 Å². The zero-order valence-electron chi connectivity index (χ0n) is 11.4. The molecule has 2 aromatic carbocycles. The minimum Gasteiger partial charge on any atom is -0.337 e. The van der Waals surface area contributed by atoms with Crippen LogP contribution < -0.4 is 0 Å². The van der Waals surface area contributed by atoms with E-state index in [1.165, 1.54) is 4.90 Å². The van der Waals surface area contributed by atoms with Crippen molar-refractivity contribution >= 4 is 5.91 Å². The van der Waals surface area contributed by atoms with Crippen molar-refractivity contribution in [1.82, 2.24) is 4.90 Å². The number of nitrogens with zero attached hydrogens (tertiary/aromatic N) is 1.